The molecule has 2 rings (SSSR count). The van der Waals surface area contributed by atoms with Crippen LogP contribution in [0.15, 0.2) is 29.2 Å². The Balaban J connectivity index is 1.83. The van der Waals surface area contributed by atoms with Crippen LogP contribution in [-0.2, 0) is 4.79 Å². The van der Waals surface area contributed by atoms with Crippen molar-refractivity contribution in [2.45, 2.75) is 25.7 Å². The number of carbonyl (C=O) groups is 2. The summed E-state index contributed by atoms with van der Waals surface area (Å²) < 4.78 is 5.65. The average Bonchev–Trinajstić information content (AvgIpc) is 2.79. The van der Waals surface area contributed by atoms with Crippen LogP contribution in [0.25, 0.3) is 6.08 Å². The summed E-state index contributed by atoms with van der Waals surface area (Å²) in [6.45, 7) is 0.902. The zero-order valence-corrected chi connectivity index (χ0v) is 14.0. The van der Waals surface area contributed by atoms with Gasteiger partial charge < -0.3 is 9.84 Å². The largest absolute Gasteiger partial charge is 0.494 e. The number of unbranched alkanes of at least 4 members (excludes halogenated alkanes) is 3. The summed E-state index contributed by atoms with van der Waals surface area (Å²) in [5.74, 6) is 0.524. The van der Waals surface area contributed by atoms with Gasteiger partial charge in [0.15, 0.2) is 0 Å². The Kier molecular flexibility index (Phi) is 6.67. The van der Waals surface area contributed by atoms with Crippen LogP contribution in [-0.4, -0.2) is 41.4 Å². The molecule has 6 heteroatoms. The lowest BCUT2D eigenvalue weighted by Gasteiger charge is -2.06. The Morgan fingerprint density at radius 1 is 1.13 bits per heavy atom. The highest BCUT2D eigenvalue weighted by Gasteiger charge is 2.31. The molecule has 0 atom stereocenters. The molecule has 23 heavy (non-hydrogen) atoms. The highest BCUT2D eigenvalue weighted by molar-refractivity contribution is 8.18. The number of nitrogens with zero attached hydrogens (tertiary/aromatic N) is 1. The Morgan fingerprint density at radius 2 is 1.83 bits per heavy atom. The highest BCUT2D eigenvalue weighted by Crippen LogP contribution is 2.31. The second-order valence-electron chi connectivity index (χ2n) is 5.30. The SMILES string of the molecule is CN1C(=O)SC(=Cc2ccc(OCCCCCCO)cc2)C1=O. The van der Waals surface area contributed by atoms with E-state index in [9.17, 15) is 9.59 Å². The fraction of sp³-hybridized carbons (Fsp3) is 0.412. The third kappa shape index (κ3) is 5.11. The van der Waals surface area contributed by atoms with E-state index in [0.717, 1.165) is 53.7 Å². The minimum absolute atomic E-state index is 0.248. The molecule has 1 saturated heterocycles. The first-order valence-corrected chi connectivity index (χ1v) is 8.49. The van der Waals surface area contributed by atoms with E-state index in [-0.39, 0.29) is 17.8 Å². The maximum absolute atomic E-state index is 11.8. The van der Waals surface area contributed by atoms with Gasteiger partial charge in [-0.15, -0.1) is 0 Å². The highest BCUT2D eigenvalue weighted by atomic mass is 32.2. The summed E-state index contributed by atoms with van der Waals surface area (Å²) in [6, 6.07) is 7.45. The van der Waals surface area contributed by atoms with Crippen molar-refractivity contribution < 1.29 is 19.4 Å². The number of aliphatic hydroxyl groups excluding tert-OH is 1. The number of rotatable bonds is 8. The standard InChI is InChI=1S/C17H21NO4S/c1-18-16(20)15(23-17(18)21)12-13-6-8-14(9-7-13)22-11-5-3-2-4-10-19/h6-9,12,19H,2-5,10-11H2,1H3. The second-order valence-corrected chi connectivity index (χ2v) is 6.29. The van der Waals surface area contributed by atoms with Crippen LogP contribution in [0.3, 0.4) is 0 Å². The van der Waals surface area contributed by atoms with Gasteiger partial charge in [0.05, 0.1) is 11.5 Å². The topological polar surface area (TPSA) is 66.8 Å². The summed E-state index contributed by atoms with van der Waals surface area (Å²) in [7, 11) is 1.48. The number of likely N-dealkylation sites (N-methyl/N-ethyl adjacent to an activating group) is 1. The van der Waals surface area contributed by atoms with Gasteiger partial charge in [0.25, 0.3) is 11.1 Å². The molecule has 5 nitrogen and oxygen atoms in total. The monoisotopic (exact) mass is 335 g/mol. The quantitative estimate of drug-likeness (QED) is 0.583. The fourth-order valence-corrected chi connectivity index (χ4v) is 2.94. The summed E-state index contributed by atoms with van der Waals surface area (Å²) in [5, 5.41) is 8.45. The van der Waals surface area contributed by atoms with Crippen molar-refractivity contribution in [1.82, 2.24) is 4.90 Å². The lowest BCUT2D eigenvalue weighted by molar-refractivity contribution is -0.121. The van der Waals surface area contributed by atoms with Crippen molar-refractivity contribution in [3.63, 3.8) is 0 Å². The molecule has 1 aromatic rings. The number of thioether (sulfide) groups is 1. The fourth-order valence-electron chi connectivity index (χ4n) is 2.11. The number of hydrogen-bond acceptors (Lipinski definition) is 5. The maximum Gasteiger partial charge on any atom is 0.293 e. The first kappa shape index (κ1) is 17.6. The van der Waals surface area contributed by atoms with Gasteiger partial charge in [-0.05, 0) is 54.8 Å². The molecule has 1 aliphatic rings. The van der Waals surface area contributed by atoms with E-state index in [1.807, 2.05) is 24.3 Å². The molecule has 0 unspecified atom stereocenters. The summed E-state index contributed by atoms with van der Waals surface area (Å²) in [6.07, 6.45) is 5.59. The van der Waals surface area contributed by atoms with Gasteiger partial charge in [-0.3, -0.25) is 14.5 Å². The van der Waals surface area contributed by atoms with Crippen LogP contribution in [0, 0.1) is 0 Å². The lowest BCUT2D eigenvalue weighted by Crippen LogP contribution is -2.22. The van der Waals surface area contributed by atoms with E-state index in [0.29, 0.717) is 11.5 Å². The number of ether oxygens (including phenoxy) is 1. The molecule has 0 saturated carbocycles. The van der Waals surface area contributed by atoms with Crippen molar-refractivity contribution in [2.24, 2.45) is 0 Å². The molecule has 1 N–H and O–H groups in total. The summed E-state index contributed by atoms with van der Waals surface area (Å²) in [5.41, 5.74) is 0.860. The van der Waals surface area contributed by atoms with Crippen LogP contribution in [0.4, 0.5) is 4.79 Å². The number of aliphatic hydroxyl groups is 1. The van der Waals surface area contributed by atoms with Crippen LogP contribution in [0.1, 0.15) is 31.2 Å². The summed E-state index contributed by atoms with van der Waals surface area (Å²) in [4.78, 5) is 24.8. The molecule has 0 aromatic heterocycles. The van der Waals surface area contributed by atoms with E-state index in [1.165, 1.54) is 7.05 Å². The zero-order valence-electron chi connectivity index (χ0n) is 13.2. The van der Waals surface area contributed by atoms with Crippen molar-refractivity contribution in [3.05, 3.63) is 34.7 Å². The van der Waals surface area contributed by atoms with Crippen molar-refractivity contribution in [2.75, 3.05) is 20.3 Å². The normalized spacial score (nSPS) is 16.4. The number of carbonyl (C=O) groups excluding carboxylic acids is 2. The Hall–Kier alpha value is -1.79. The molecular formula is C17H21NO4S. The molecule has 0 radical (unpaired) electrons. The van der Waals surface area contributed by atoms with Crippen LogP contribution in [0.2, 0.25) is 0 Å². The molecule has 0 aliphatic carbocycles. The first-order valence-electron chi connectivity index (χ1n) is 7.67. The van der Waals surface area contributed by atoms with Crippen molar-refractivity contribution in [1.29, 1.82) is 0 Å². The average molecular weight is 335 g/mol. The minimum atomic E-state index is -0.261. The Labute approximate surface area is 140 Å². The molecule has 124 valence electrons. The molecule has 1 aromatic carbocycles. The Bertz CT molecular complexity index is 583. The van der Waals surface area contributed by atoms with Crippen LogP contribution >= 0.6 is 11.8 Å². The van der Waals surface area contributed by atoms with Gasteiger partial charge >= 0.3 is 0 Å². The maximum atomic E-state index is 11.8. The van der Waals surface area contributed by atoms with Gasteiger partial charge in [-0.2, -0.15) is 0 Å². The molecular weight excluding hydrogens is 314 g/mol. The molecule has 2 amide bonds. The number of hydrogen-bond donors (Lipinski definition) is 1. The van der Waals surface area contributed by atoms with Gasteiger partial charge in [-0.25, -0.2) is 0 Å². The Morgan fingerprint density at radius 3 is 2.43 bits per heavy atom. The number of amides is 2. The van der Waals surface area contributed by atoms with E-state index < -0.39 is 0 Å². The first-order chi connectivity index (χ1) is 11.1. The van der Waals surface area contributed by atoms with Crippen molar-refractivity contribution in [3.8, 4) is 5.75 Å². The van der Waals surface area contributed by atoms with Crippen LogP contribution < -0.4 is 4.74 Å². The third-order valence-corrected chi connectivity index (χ3v) is 4.45. The van der Waals surface area contributed by atoms with Gasteiger partial charge in [-0.1, -0.05) is 18.6 Å². The van der Waals surface area contributed by atoms with Gasteiger partial charge in [0.2, 0.25) is 0 Å². The molecule has 1 fully saturated rings. The molecule has 1 heterocycles. The van der Waals surface area contributed by atoms with Crippen LogP contribution in [0.5, 0.6) is 5.75 Å². The molecule has 0 bridgehead atoms. The van der Waals surface area contributed by atoms with E-state index in [1.54, 1.807) is 6.08 Å². The van der Waals surface area contributed by atoms with Gasteiger partial charge in [0, 0.05) is 13.7 Å². The molecule has 0 spiro atoms. The molecule has 1 aliphatic heterocycles. The van der Waals surface area contributed by atoms with E-state index in [4.69, 9.17) is 9.84 Å². The van der Waals surface area contributed by atoms with E-state index in [2.05, 4.69) is 0 Å². The predicted molar refractivity (Wildman–Crippen MR) is 91.2 cm³/mol. The number of benzene rings is 1. The van der Waals surface area contributed by atoms with E-state index >= 15 is 0 Å². The smallest absolute Gasteiger partial charge is 0.293 e. The lowest BCUT2D eigenvalue weighted by atomic mass is 10.2. The van der Waals surface area contributed by atoms with Crippen molar-refractivity contribution >= 4 is 29.0 Å². The zero-order chi connectivity index (χ0) is 16.7. The second kappa shape index (κ2) is 8.74. The minimum Gasteiger partial charge on any atom is -0.494 e. The summed E-state index contributed by atoms with van der Waals surface area (Å²) >= 11 is 0.954. The number of imide groups is 1. The predicted octanol–water partition coefficient (Wildman–Crippen LogP) is 3.28. The van der Waals surface area contributed by atoms with Gasteiger partial charge in [0.1, 0.15) is 5.75 Å². The third-order valence-electron chi connectivity index (χ3n) is 3.49.